The molecule has 10 heteroatoms. The van der Waals surface area contributed by atoms with Gasteiger partial charge in [-0.3, -0.25) is 5.32 Å². The Labute approximate surface area is 183 Å². The lowest BCUT2D eigenvalue weighted by Crippen LogP contribution is -2.27. The van der Waals surface area contributed by atoms with E-state index in [9.17, 15) is 18.0 Å². The number of nitrogens with zero attached hydrogens (tertiary/aromatic N) is 2. The van der Waals surface area contributed by atoms with Crippen LogP contribution in [0, 0.1) is 0 Å². The molecule has 0 saturated heterocycles. The summed E-state index contributed by atoms with van der Waals surface area (Å²) in [7, 11) is 0. The zero-order valence-electron chi connectivity index (χ0n) is 17.6. The van der Waals surface area contributed by atoms with Gasteiger partial charge in [0.2, 0.25) is 5.95 Å². The van der Waals surface area contributed by atoms with Gasteiger partial charge in [0, 0.05) is 23.3 Å². The van der Waals surface area contributed by atoms with Gasteiger partial charge in [-0.2, -0.15) is 18.2 Å². The molecule has 2 aromatic carbocycles. The third-order valence-electron chi connectivity index (χ3n) is 3.89. The predicted octanol–water partition coefficient (Wildman–Crippen LogP) is 6.33. The van der Waals surface area contributed by atoms with Gasteiger partial charge in [0.05, 0.1) is 0 Å². The van der Waals surface area contributed by atoms with E-state index in [-0.39, 0.29) is 11.6 Å². The van der Waals surface area contributed by atoms with Crippen LogP contribution in [0.4, 0.5) is 46.8 Å². The first-order chi connectivity index (χ1) is 15.0. The van der Waals surface area contributed by atoms with Gasteiger partial charge in [0.15, 0.2) is 0 Å². The number of aromatic nitrogens is 2. The quantitative estimate of drug-likeness (QED) is 0.425. The van der Waals surface area contributed by atoms with Crippen LogP contribution in [0.2, 0.25) is 0 Å². The number of benzene rings is 2. The topological polar surface area (TPSA) is 88.2 Å². The zero-order chi connectivity index (χ0) is 23.4. The van der Waals surface area contributed by atoms with Crippen LogP contribution in [-0.2, 0) is 10.9 Å². The number of amides is 1. The normalized spacial score (nSPS) is 11.6. The van der Waals surface area contributed by atoms with Gasteiger partial charge in [-0.1, -0.05) is 24.3 Å². The van der Waals surface area contributed by atoms with Crippen LogP contribution in [0.25, 0.3) is 0 Å². The minimum Gasteiger partial charge on any atom is -0.444 e. The van der Waals surface area contributed by atoms with Crippen LogP contribution in [0.5, 0.6) is 0 Å². The molecule has 32 heavy (non-hydrogen) atoms. The summed E-state index contributed by atoms with van der Waals surface area (Å²) in [6.07, 6.45) is -4.63. The van der Waals surface area contributed by atoms with E-state index in [2.05, 4.69) is 25.9 Å². The fraction of sp³-hybridized carbons (Fsp3) is 0.227. The molecule has 0 aliphatic carbocycles. The van der Waals surface area contributed by atoms with E-state index in [4.69, 9.17) is 4.74 Å². The van der Waals surface area contributed by atoms with E-state index in [0.717, 1.165) is 0 Å². The second-order valence-corrected chi connectivity index (χ2v) is 7.78. The number of carbonyl (C=O) groups is 1. The number of nitrogens with one attached hydrogen (secondary N) is 3. The number of anilines is 5. The number of para-hydroxylation sites is 1. The molecule has 7 nitrogen and oxygen atoms in total. The second-order valence-electron chi connectivity index (χ2n) is 7.78. The van der Waals surface area contributed by atoms with Crippen molar-refractivity contribution >= 4 is 34.9 Å². The Bertz CT molecular complexity index is 1080. The molecule has 0 aliphatic rings. The molecule has 0 fully saturated rings. The molecule has 0 aliphatic heterocycles. The summed E-state index contributed by atoms with van der Waals surface area (Å²) >= 11 is 0. The Morgan fingerprint density at radius 3 is 2.22 bits per heavy atom. The van der Waals surface area contributed by atoms with Gasteiger partial charge >= 0.3 is 12.3 Å². The number of hydrogen-bond acceptors (Lipinski definition) is 6. The number of carbonyl (C=O) groups excluding carboxylic acids is 1. The highest BCUT2D eigenvalue weighted by molar-refractivity contribution is 5.86. The Balaban J connectivity index is 1.85. The highest BCUT2D eigenvalue weighted by Gasteiger charge is 2.35. The molecule has 0 saturated carbocycles. The monoisotopic (exact) mass is 445 g/mol. The molecule has 0 atom stereocenters. The number of halogens is 3. The first kappa shape index (κ1) is 22.9. The average molecular weight is 445 g/mol. The van der Waals surface area contributed by atoms with Crippen molar-refractivity contribution in [3.05, 3.63) is 66.4 Å². The molecule has 0 radical (unpaired) electrons. The van der Waals surface area contributed by atoms with Crippen molar-refractivity contribution in [2.24, 2.45) is 0 Å². The maximum absolute atomic E-state index is 13.5. The molecule has 0 bridgehead atoms. The lowest BCUT2D eigenvalue weighted by Gasteiger charge is -2.20. The average Bonchev–Trinajstić information content (AvgIpc) is 2.67. The maximum Gasteiger partial charge on any atom is 0.421 e. The van der Waals surface area contributed by atoms with E-state index < -0.39 is 29.3 Å². The SMILES string of the molecule is CC(C)(C)OC(=O)Nc1cccc(Nc2nc(Nc3ccccc3)ncc2C(F)(F)F)c1. The van der Waals surface area contributed by atoms with E-state index in [1.165, 1.54) is 6.07 Å². The highest BCUT2D eigenvalue weighted by atomic mass is 19.4. The van der Waals surface area contributed by atoms with E-state index in [1.54, 1.807) is 63.2 Å². The minimum absolute atomic E-state index is 0.00488. The molecule has 1 heterocycles. The van der Waals surface area contributed by atoms with Crippen molar-refractivity contribution < 1.29 is 22.7 Å². The van der Waals surface area contributed by atoms with Gasteiger partial charge in [-0.05, 0) is 51.1 Å². The second kappa shape index (κ2) is 9.13. The van der Waals surface area contributed by atoms with E-state index in [1.807, 2.05) is 6.07 Å². The molecule has 168 valence electrons. The van der Waals surface area contributed by atoms with Crippen LogP contribution in [-0.4, -0.2) is 21.7 Å². The fourth-order valence-corrected chi connectivity index (χ4v) is 2.63. The zero-order valence-corrected chi connectivity index (χ0v) is 17.6. The van der Waals surface area contributed by atoms with Crippen molar-refractivity contribution in [2.75, 3.05) is 16.0 Å². The Morgan fingerprint density at radius 1 is 0.906 bits per heavy atom. The summed E-state index contributed by atoms with van der Waals surface area (Å²) in [5.41, 5.74) is -0.462. The molecule has 3 aromatic rings. The Hall–Kier alpha value is -3.82. The summed E-state index contributed by atoms with van der Waals surface area (Å²) < 4.78 is 45.7. The van der Waals surface area contributed by atoms with Crippen molar-refractivity contribution in [3.63, 3.8) is 0 Å². The van der Waals surface area contributed by atoms with Crippen molar-refractivity contribution in [1.82, 2.24) is 9.97 Å². The first-order valence-electron chi connectivity index (χ1n) is 9.63. The molecular weight excluding hydrogens is 423 g/mol. The summed E-state index contributed by atoms with van der Waals surface area (Å²) in [5, 5.41) is 8.07. The van der Waals surface area contributed by atoms with Crippen LogP contribution >= 0.6 is 0 Å². The predicted molar refractivity (Wildman–Crippen MR) is 116 cm³/mol. The van der Waals surface area contributed by atoms with Gasteiger partial charge in [0.25, 0.3) is 0 Å². The molecule has 1 amide bonds. The van der Waals surface area contributed by atoms with E-state index >= 15 is 0 Å². The molecular formula is C22H22F3N5O2. The largest absolute Gasteiger partial charge is 0.444 e. The van der Waals surface area contributed by atoms with Crippen LogP contribution in [0.15, 0.2) is 60.8 Å². The molecule has 0 unspecified atom stereocenters. The maximum atomic E-state index is 13.5. The van der Waals surface area contributed by atoms with Crippen molar-refractivity contribution in [2.45, 2.75) is 32.5 Å². The van der Waals surface area contributed by atoms with Crippen LogP contribution in [0.1, 0.15) is 26.3 Å². The summed E-state index contributed by atoms with van der Waals surface area (Å²) in [4.78, 5) is 19.8. The first-order valence-corrected chi connectivity index (χ1v) is 9.63. The summed E-state index contributed by atoms with van der Waals surface area (Å²) in [6.45, 7) is 5.16. The Morgan fingerprint density at radius 2 is 1.56 bits per heavy atom. The third-order valence-corrected chi connectivity index (χ3v) is 3.89. The van der Waals surface area contributed by atoms with E-state index in [0.29, 0.717) is 17.6 Å². The Kier molecular flexibility index (Phi) is 6.52. The smallest absolute Gasteiger partial charge is 0.421 e. The van der Waals surface area contributed by atoms with Gasteiger partial charge in [-0.25, -0.2) is 9.78 Å². The molecule has 3 N–H and O–H groups in total. The highest BCUT2D eigenvalue weighted by Crippen LogP contribution is 2.35. The third kappa shape index (κ3) is 6.59. The molecule has 3 rings (SSSR count). The number of alkyl halides is 3. The lowest BCUT2D eigenvalue weighted by atomic mass is 10.2. The van der Waals surface area contributed by atoms with Gasteiger partial charge < -0.3 is 15.4 Å². The van der Waals surface area contributed by atoms with Crippen LogP contribution < -0.4 is 16.0 Å². The van der Waals surface area contributed by atoms with Crippen molar-refractivity contribution in [1.29, 1.82) is 0 Å². The lowest BCUT2D eigenvalue weighted by molar-refractivity contribution is -0.137. The summed E-state index contributed by atoms with van der Waals surface area (Å²) in [5.74, 6) is -0.435. The molecule has 1 aromatic heterocycles. The number of hydrogen-bond donors (Lipinski definition) is 3. The molecule has 0 spiro atoms. The van der Waals surface area contributed by atoms with Crippen molar-refractivity contribution in [3.8, 4) is 0 Å². The van der Waals surface area contributed by atoms with Gasteiger partial charge in [0.1, 0.15) is 17.0 Å². The standard InChI is InChI=1S/C22H22F3N5O2/c1-21(2,3)32-20(31)29-16-11-7-10-15(12-16)27-18-17(22(23,24)25)13-26-19(30-18)28-14-8-5-4-6-9-14/h4-13H,1-3H3,(H,29,31)(H2,26,27,28,30). The fourth-order valence-electron chi connectivity index (χ4n) is 2.63. The van der Waals surface area contributed by atoms with Crippen LogP contribution in [0.3, 0.4) is 0 Å². The number of ether oxygens (including phenoxy) is 1. The van der Waals surface area contributed by atoms with Gasteiger partial charge in [-0.15, -0.1) is 0 Å². The minimum atomic E-state index is -4.67. The number of rotatable bonds is 5. The summed E-state index contributed by atoms with van der Waals surface area (Å²) in [6, 6.07) is 15.0.